The van der Waals surface area contributed by atoms with Gasteiger partial charge in [0.05, 0.1) is 5.57 Å². The number of nitrogens with zero attached hydrogens (tertiary/aromatic N) is 4. The van der Waals surface area contributed by atoms with Gasteiger partial charge < -0.3 is 11.1 Å². The zero-order chi connectivity index (χ0) is 17.6. The maximum Gasteiger partial charge on any atom is 0.232 e. The lowest BCUT2D eigenvalue weighted by atomic mass is 10.1. The summed E-state index contributed by atoms with van der Waals surface area (Å²) in [6, 6.07) is 18.6. The van der Waals surface area contributed by atoms with Gasteiger partial charge in [-0.1, -0.05) is 41.9 Å². The Morgan fingerprint density at radius 1 is 1.08 bits per heavy atom. The molecule has 0 aliphatic heterocycles. The van der Waals surface area contributed by atoms with Gasteiger partial charge in [0.2, 0.25) is 11.9 Å². The molecule has 1 aromatic heterocycles. The molecule has 0 bridgehead atoms. The van der Waals surface area contributed by atoms with Crippen LogP contribution in [0.15, 0.2) is 54.6 Å². The molecule has 1 heterocycles. The number of anilines is 3. The average molecular weight is 349 g/mol. The topological polar surface area (TPSA) is 101 Å². The highest BCUT2D eigenvalue weighted by atomic mass is 35.5. The van der Waals surface area contributed by atoms with Crippen LogP contribution in [0.1, 0.15) is 11.4 Å². The second kappa shape index (κ2) is 7.43. The predicted octanol–water partition coefficient (Wildman–Crippen LogP) is 3.91. The molecule has 0 aliphatic carbocycles. The van der Waals surface area contributed by atoms with Gasteiger partial charge in [-0.25, -0.2) is 0 Å². The van der Waals surface area contributed by atoms with Crippen molar-refractivity contribution in [3.05, 3.63) is 71.0 Å². The van der Waals surface area contributed by atoms with Crippen LogP contribution < -0.4 is 11.1 Å². The minimum absolute atomic E-state index is 0.0238. The fraction of sp³-hybridized carbons (Fsp3) is 0. The molecule has 0 saturated heterocycles. The van der Waals surface area contributed by atoms with E-state index in [4.69, 9.17) is 17.3 Å². The second-order valence-electron chi connectivity index (χ2n) is 5.06. The summed E-state index contributed by atoms with van der Waals surface area (Å²) in [5, 5.41) is 13.1. The van der Waals surface area contributed by atoms with Gasteiger partial charge in [0.1, 0.15) is 6.07 Å². The zero-order valence-corrected chi connectivity index (χ0v) is 13.8. The lowest BCUT2D eigenvalue weighted by molar-refractivity contribution is 1.04. The Hall–Kier alpha value is -3.43. The molecule has 3 aromatic rings. The number of nitrogens with two attached hydrogens (primary N) is 1. The van der Waals surface area contributed by atoms with Gasteiger partial charge in [-0.15, -0.1) is 0 Å². The first-order chi connectivity index (χ1) is 12.1. The van der Waals surface area contributed by atoms with Gasteiger partial charge in [0.15, 0.2) is 5.82 Å². The average Bonchev–Trinajstić information content (AvgIpc) is 2.60. The van der Waals surface area contributed by atoms with E-state index in [9.17, 15) is 5.26 Å². The largest absolute Gasteiger partial charge is 0.368 e. The van der Waals surface area contributed by atoms with Crippen LogP contribution in [0.3, 0.4) is 0 Å². The highest BCUT2D eigenvalue weighted by Gasteiger charge is 2.10. The van der Waals surface area contributed by atoms with Gasteiger partial charge in [-0.05, 0) is 35.9 Å². The van der Waals surface area contributed by atoms with Crippen molar-refractivity contribution in [2.24, 2.45) is 0 Å². The van der Waals surface area contributed by atoms with E-state index >= 15 is 0 Å². The predicted molar refractivity (Wildman–Crippen MR) is 98.9 cm³/mol. The smallest absolute Gasteiger partial charge is 0.232 e. The van der Waals surface area contributed by atoms with Crippen LogP contribution in [0.25, 0.3) is 11.6 Å². The molecule has 122 valence electrons. The van der Waals surface area contributed by atoms with Crippen molar-refractivity contribution in [1.82, 2.24) is 15.0 Å². The Morgan fingerprint density at radius 3 is 2.60 bits per heavy atom. The maximum atomic E-state index is 9.47. The number of halogens is 1. The van der Waals surface area contributed by atoms with E-state index in [0.717, 1.165) is 11.3 Å². The third-order valence-electron chi connectivity index (χ3n) is 3.20. The Morgan fingerprint density at radius 2 is 1.88 bits per heavy atom. The summed E-state index contributed by atoms with van der Waals surface area (Å²) in [7, 11) is 0. The fourth-order valence-corrected chi connectivity index (χ4v) is 2.33. The standard InChI is InChI=1S/C18H13ClN6/c19-14-6-4-5-12(10-14)9-13(11-20)16-23-17(21)25-18(24-16)22-15-7-2-1-3-8-15/h1-10H,(H3,21,22,23,24,25)/b13-9-. The lowest BCUT2D eigenvalue weighted by Crippen LogP contribution is -2.06. The molecule has 0 unspecified atom stereocenters. The van der Waals surface area contributed by atoms with E-state index < -0.39 is 0 Å². The minimum Gasteiger partial charge on any atom is -0.368 e. The first-order valence-corrected chi connectivity index (χ1v) is 7.73. The van der Waals surface area contributed by atoms with Crippen molar-refractivity contribution in [2.75, 3.05) is 11.1 Å². The van der Waals surface area contributed by atoms with E-state index in [1.54, 1.807) is 24.3 Å². The molecule has 0 atom stereocenters. The Kier molecular flexibility index (Phi) is 4.88. The number of aromatic nitrogens is 3. The molecule has 3 rings (SSSR count). The molecule has 0 spiro atoms. The number of benzene rings is 2. The van der Waals surface area contributed by atoms with Crippen molar-refractivity contribution in [3.8, 4) is 6.07 Å². The van der Waals surface area contributed by atoms with Gasteiger partial charge in [0.25, 0.3) is 0 Å². The molecule has 0 aliphatic rings. The van der Waals surface area contributed by atoms with Crippen LogP contribution >= 0.6 is 11.6 Å². The van der Waals surface area contributed by atoms with E-state index in [1.165, 1.54) is 0 Å². The van der Waals surface area contributed by atoms with E-state index in [0.29, 0.717) is 5.02 Å². The number of para-hydroxylation sites is 1. The quantitative estimate of drug-likeness (QED) is 0.693. The Balaban J connectivity index is 1.96. The molecule has 6 nitrogen and oxygen atoms in total. The molecule has 0 radical (unpaired) electrons. The summed E-state index contributed by atoms with van der Waals surface area (Å²) < 4.78 is 0. The van der Waals surface area contributed by atoms with Gasteiger partial charge in [0, 0.05) is 10.7 Å². The molecule has 0 fully saturated rings. The highest BCUT2D eigenvalue weighted by molar-refractivity contribution is 6.30. The summed E-state index contributed by atoms with van der Waals surface area (Å²) in [5.41, 5.74) is 7.59. The minimum atomic E-state index is 0.0238. The van der Waals surface area contributed by atoms with Crippen LogP contribution in [-0.4, -0.2) is 15.0 Å². The summed E-state index contributed by atoms with van der Waals surface area (Å²) >= 11 is 5.97. The normalized spacial score (nSPS) is 11.0. The molecular weight excluding hydrogens is 336 g/mol. The summed E-state index contributed by atoms with van der Waals surface area (Å²) in [6.07, 6.45) is 1.65. The van der Waals surface area contributed by atoms with Crippen LogP contribution in [0, 0.1) is 11.3 Å². The zero-order valence-electron chi connectivity index (χ0n) is 13.0. The molecular formula is C18H13ClN6. The third kappa shape index (κ3) is 4.31. The van der Waals surface area contributed by atoms with Gasteiger partial charge >= 0.3 is 0 Å². The second-order valence-corrected chi connectivity index (χ2v) is 5.49. The Labute approximate surface area is 149 Å². The number of rotatable bonds is 4. The fourth-order valence-electron chi connectivity index (χ4n) is 2.13. The van der Waals surface area contributed by atoms with Crippen molar-refractivity contribution < 1.29 is 0 Å². The molecule has 0 saturated carbocycles. The van der Waals surface area contributed by atoms with Crippen molar-refractivity contribution in [3.63, 3.8) is 0 Å². The molecule has 2 aromatic carbocycles. The maximum absolute atomic E-state index is 9.47. The third-order valence-corrected chi connectivity index (χ3v) is 3.44. The SMILES string of the molecule is N#C/C(=C/c1cccc(Cl)c1)c1nc(N)nc(Nc2ccccc2)n1. The lowest BCUT2D eigenvalue weighted by Gasteiger charge is -2.07. The molecule has 7 heteroatoms. The number of nitrogen functional groups attached to an aromatic ring is 1. The van der Waals surface area contributed by atoms with Gasteiger partial charge in [-0.3, -0.25) is 0 Å². The molecule has 25 heavy (non-hydrogen) atoms. The number of nitrogens with one attached hydrogen (secondary N) is 1. The molecule has 3 N–H and O–H groups in total. The molecule has 0 amide bonds. The first-order valence-electron chi connectivity index (χ1n) is 7.35. The van der Waals surface area contributed by atoms with Crippen LogP contribution in [0.2, 0.25) is 5.02 Å². The number of hydrogen-bond acceptors (Lipinski definition) is 6. The summed E-state index contributed by atoms with van der Waals surface area (Å²) in [6.45, 7) is 0. The van der Waals surface area contributed by atoms with Crippen LogP contribution in [-0.2, 0) is 0 Å². The summed E-state index contributed by atoms with van der Waals surface area (Å²) in [4.78, 5) is 12.4. The van der Waals surface area contributed by atoms with E-state index in [1.807, 2.05) is 36.4 Å². The van der Waals surface area contributed by atoms with Gasteiger partial charge in [-0.2, -0.15) is 20.2 Å². The number of allylic oxidation sites excluding steroid dienone is 1. The highest BCUT2D eigenvalue weighted by Crippen LogP contribution is 2.20. The van der Waals surface area contributed by atoms with Crippen molar-refractivity contribution in [2.45, 2.75) is 0 Å². The number of nitriles is 1. The number of hydrogen-bond donors (Lipinski definition) is 2. The monoisotopic (exact) mass is 348 g/mol. The van der Waals surface area contributed by atoms with E-state index in [2.05, 4.69) is 26.3 Å². The van der Waals surface area contributed by atoms with Crippen LogP contribution in [0.4, 0.5) is 17.6 Å². The van der Waals surface area contributed by atoms with Crippen LogP contribution in [0.5, 0.6) is 0 Å². The Bertz CT molecular complexity index is 963. The van der Waals surface area contributed by atoms with E-state index in [-0.39, 0.29) is 23.3 Å². The van der Waals surface area contributed by atoms with Crippen molar-refractivity contribution >= 4 is 40.8 Å². The van der Waals surface area contributed by atoms with Crippen molar-refractivity contribution in [1.29, 1.82) is 5.26 Å². The first kappa shape index (κ1) is 16.4. The summed E-state index contributed by atoms with van der Waals surface area (Å²) in [5.74, 6) is 0.477.